The highest BCUT2D eigenvalue weighted by Crippen LogP contribution is 2.27. The van der Waals surface area contributed by atoms with Gasteiger partial charge in [-0.25, -0.2) is 0 Å². The van der Waals surface area contributed by atoms with Crippen molar-refractivity contribution >= 4 is 29.1 Å². The van der Waals surface area contributed by atoms with Crippen molar-refractivity contribution in [1.82, 2.24) is 15.1 Å². The van der Waals surface area contributed by atoms with Crippen LogP contribution >= 0.6 is 23.2 Å². The van der Waals surface area contributed by atoms with Crippen molar-refractivity contribution in [3.05, 3.63) is 33.8 Å². The predicted octanol–water partition coefficient (Wildman–Crippen LogP) is 2.65. The molecule has 1 amide bonds. The highest BCUT2D eigenvalue weighted by atomic mass is 35.5. The average Bonchev–Trinajstić information content (AvgIpc) is 2.66. The minimum absolute atomic E-state index is 0.0368. The van der Waals surface area contributed by atoms with Crippen LogP contribution in [-0.2, 0) is 16.1 Å². The number of likely N-dealkylation sites (tertiary alicyclic amines) is 1. The third-order valence-corrected chi connectivity index (χ3v) is 5.86. The van der Waals surface area contributed by atoms with Gasteiger partial charge in [0.25, 0.3) is 0 Å². The number of halogens is 2. The molecule has 0 spiro atoms. The van der Waals surface area contributed by atoms with E-state index in [1.54, 1.807) is 0 Å². The summed E-state index contributed by atoms with van der Waals surface area (Å²) in [5, 5.41) is 4.49. The van der Waals surface area contributed by atoms with Crippen LogP contribution in [0, 0.1) is 5.92 Å². The van der Waals surface area contributed by atoms with Crippen LogP contribution in [0.2, 0.25) is 10.0 Å². The molecule has 7 heteroatoms. The molecule has 0 saturated carbocycles. The lowest BCUT2D eigenvalue weighted by molar-refractivity contribution is -0.126. The van der Waals surface area contributed by atoms with Gasteiger partial charge in [-0.2, -0.15) is 0 Å². The molecule has 1 N–H and O–H groups in total. The number of rotatable bonds is 6. The number of carbonyl (C=O) groups excluding carboxylic acids is 1. The Kier molecular flexibility index (Phi) is 7.58. The lowest BCUT2D eigenvalue weighted by Crippen LogP contribution is -2.45. The quantitative estimate of drug-likeness (QED) is 0.798. The van der Waals surface area contributed by atoms with E-state index in [0.717, 1.165) is 64.3 Å². The monoisotopic (exact) mass is 399 g/mol. The van der Waals surface area contributed by atoms with E-state index in [-0.39, 0.29) is 11.8 Å². The smallest absolute Gasteiger partial charge is 0.224 e. The Balaban J connectivity index is 1.45. The van der Waals surface area contributed by atoms with Crippen molar-refractivity contribution in [2.45, 2.75) is 19.4 Å². The number of nitrogens with zero attached hydrogens (tertiary/aromatic N) is 2. The Morgan fingerprint density at radius 1 is 1.15 bits per heavy atom. The van der Waals surface area contributed by atoms with Crippen molar-refractivity contribution in [3.63, 3.8) is 0 Å². The summed E-state index contributed by atoms with van der Waals surface area (Å²) in [4.78, 5) is 17.1. The Bertz CT molecular complexity index is 588. The molecule has 144 valence electrons. The van der Waals surface area contributed by atoms with E-state index in [0.29, 0.717) is 23.1 Å². The summed E-state index contributed by atoms with van der Waals surface area (Å²) in [6, 6.07) is 5.58. The van der Waals surface area contributed by atoms with Crippen LogP contribution in [0.25, 0.3) is 0 Å². The maximum Gasteiger partial charge on any atom is 0.224 e. The lowest BCUT2D eigenvalue weighted by Gasteiger charge is -2.32. The van der Waals surface area contributed by atoms with E-state index < -0.39 is 0 Å². The first-order chi connectivity index (χ1) is 12.6. The van der Waals surface area contributed by atoms with Crippen LogP contribution in [-0.4, -0.2) is 68.2 Å². The molecule has 5 nitrogen and oxygen atoms in total. The van der Waals surface area contributed by atoms with Crippen molar-refractivity contribution in [2.24, 2.45) is 5.92 Å². The predicted molar refractivity (Wildman–Crippen MR) is 105 cm³/mol. The van der Waals surface area contributed by atoms with Crippen molar-refractivity contribution in [2.75, 3.05) is 52.5 Å². The Labute approximate surface area is 165 Å². The molecule has 1 aromatic carbocycles. The second-order valence-electron chi connectivity index (χ2n) is 7.02. The van der Waals surface area contributed by atoms with Gasteiger partial charge < -0.3 is 10.1 Å². The minimum Gasteiger partial charge on any atom is -0.379 e. The van der Waals surface area contributed by atoms with E-state index in [9.17, 15) is 4.79 Å². The Hall–Kier alpha value is -0.850. The third-order valence-electron chi connectivity index (χ3n) is 5.15. The molecule has 0 aliphatic carbocycles. The zero-order valence-electron chi connectivity index (χ0n) is 15.1. The van der Waals surface area contributed by atoms with Gasteiger partial charge in [0.1, 0.15) is 0 Å². The number of ether oxygens (including phenoxy) is 1. The molecule has 3 rings (SSSR count). The molecule has 1 atom stereocenters. The third kappa shape index (κ3) is 5.57. The first kappa shape index (κ1) is 19.9. The molecule has 0 unspecified atom stereocenters. The van der Waals surface area contributed by atoms with Gasteiger partial charge >= 0.3 is 0 Å². The summed E-state index contributed by atoms with van der Waals surface area (Å²) in [7, 11) is 0. The van der Waals surface area contributed by atoms with Gasteiger partial charge in [0.15, 0.2) is 0 Å². The van der Waals surface area contributed by atoms with Crippen molar-refractivity contribution in [1.29, 1.82) is 0 Å². The fraction of sp³-hybridized carbons (Fsp3) is 0.632. The number of piperidine rings is 1. The number of benzene rings is 1. The molecule has 26 heavy (non-hydrogen) atoms. The molecule has 0 radical (unpaired) electrons. The molecular formula is C19H27Cl2N3O2. The lowest BCUT2D eigenvalue weighted by atomic mass is 9.96. The molecule has 2 aliphatic heterocycles. The molecule has 2 fully saturated rings. The first-order valence-electron chi connectivity index (χ1n) is 9.36. The highest BCUT2D eigenvalue weighted by molar-refractivity contribution is 6.35. The summed E-state index contributed by atoms with van der Waals surface area (Å²) in [6.07, 6.45) is 1.96. The van der Waals surface area contributed by atoms with Gasteiger partial charge in [-0.3, -0.25) is 14.6 Å². The van der Waals surface area contributed by atoms with E-state index in [1.807, 2.05) is 18.2 Å². The van der Waals surface area contributed by atoms with Gasteiger partial charge in [0, 0.05) is 54.9 Å². The van der Waals surface area contributed by atoms with Crippen LogP contribution in [0.3, 0.4) is 0 Å². The Morgan fingerprint density at radius 3 is 2.62 bits per heavy atom. The zero-order valence-corrected chi connectivity index (χ0v) is 16.6. The highest BCUT2D eigenvalue weighted by Gasteiger charge is 2.26. The first-order valence-corrected chi connectivity index (χ1v) is 10.1. The Morgan fingerprint density at radius 2 is 1.88 bits per heavy atom. The van der Waals surface area contributed by atoms with Gasteiger partial charge in [-0.05, 0) is 31.5 Å². The van der Waals surface area contributed by atoms with E-state index in [2.05, 4.69) is 15.1 Å². The number of amides is 1. The standard InChI is InChI=1S/C19H27Cl2N3O2/c20-17-4-1-5-18(21)16(17)14-24-7-2-3-15(13-24)19(25)22-6-8-23-9-11-26-12-10-23/h1,4-5,15H,2-3,6-14H2,(H,22,25)/t15-/m0/s1. The van der Waals surface area contributed by atoms with Crippen LogP contribution < -0.4 is 5.32 Å². The van der Waals surface area contributed by atoms with Crippen LogP contribution in [0.5, 0.6) is 0 Å². The van der Waals surface area contributed by atoms with Gasteiger partial charge in [-0.15, -0.1) is 0 Å². The number of hydrogen-bond donors (Lipinski definition) is 1. The van der Waals surface area contributed by atoms with Crippen LogP contribution in [0.15, 0.2) is 18.2 Å². The second-order valence-corrected chi connectivity index (χ2v) is 7.83. The molecular weight excluding hydrogens is 373 g/mol. The van der Waals surface area contributed by atoms with E-state index in [1.165, 1.54) is 0 Å². The number of nitrogens with one attached hydrogen (secondary N) is 1. The average molecular weight is 400 g/mol. The number of hydrogen-bond acceptors (Lipinski definition) is 4. The van der Waals surface area contributed by atoms with Crippen molar-refractivity contribution in [3.8, 4) is 0 Å². The number of carbonyl (C=O) groups is 1. The molecule has 2 saturated heterocycles. The van der Waals surface area contributed by atoms with Gasteiger partial charge in [0.2, 0.25) is 5.91 Å². The second kappa shape index (κ2) is 9.90. The van der Waals surface area contributed by atoms with Crippen molar-refractivity contribution < 1.29 is 9.53 Å². The fourth-order valence-electron chi connectivity index (χ4n) is 3.63. The molecule has 2 aliphatic rings. The maximum absolute atomic E-state index is 12.5. The molecule has 0 bridgehead atoms. The molecule has 2 heterocycles. The normalized spacial score (nSPS) is 22.3. The largest absolute Gasteiger partial charge is 0.379 e. The van der Waals surface area contributed by atoms with E-state index >= 15 is 0 Å². The summed E-state index contributed by atoms with van der Waals surface area (Å²) in [6.45, 7) is 7.48. The molecule has 0 aromatic heterocycles. The molecule has 1 aromatic rings. The summed E-state index contributed by atoms with van der Waals surface area (Å²) in [5.41, 5.74) is 0.948. The maximum atomic E-state index is 12.5. The topological polar surface area (TPSA) is 44.8 Å². The fourth-order valence-corrected chi connectivity index (χ4v) is 4.14. The van der Waals surface area contributed by atoms with Gasteiger partial charge in [0.05, 0.1) is 19.1 Å². The van der Waals surface area contributed by atoms with Crippen LogP contribution in [0.1, 0.15) is 18.4 Å². The minimum atomic E-state index is 0.0368. The SMILES string of the molecule is O=C(NCCN1CCOCC1)[C@H]1CCCN(Cc2c(Cl)cccc2Cl)C1. The zero-order chi connectivity index (χ0) is 18.4. The summed E-state index contributed by atoms with van der Waals surface area (Å²) in [5.74, 6) is 0.197. The van der Waals surface area contributed by atoms with Crippen LogP contribution in [0.4, 0.5) is 0 Å². The summed E-state index contributed by atoms with van der Waals surface area (Å²) >= 11 is 12.6. The van der Waals surface area contributed by atoms with E-state index in [4.69, 9.17) is 27.9 Å². The van der Waals surface area contributed by atoms with Gasteiger partial charge in [-0.1, -0.05) is 29.3 Å². The number of morpholine rings is 1. The summed E-state index contributed by atoms with van der Waals surface area (Å²) < 4.78 is 5.35.